The van der Waals surface area contributed by atoms with Gasteiger partial charge in [0.15, 0.2) is 0 Å². The molecule has 0 atom stereocenters. The van der Waals surface area contributed by atoms with Gasteiger partial charge >= 0.3 is 0 Å². The molecule has 1 amide bonds. The third kappa shape index (κ3) is 4.27. The zero-order chi connectivity index (χ0) is 15.9. The number of hydrogen-bond donors (Lipinski definition) is 2. The fourth-order valence-corrected chi connectivity index (χ4v) is 3.31. The Morgan fingerprint density at radius 3 is 2.68 bits per heavy atom. The second-order valence-corrected chi connectivity index (χ2v) is 6.21. The number of para-hydroxylation sites is 1. The molecular weight excluding hydrogens is 296 g/mol. The first kappa shape index (κ1) is 16.4. The van der Waals surface area contributed by atoms with Crippen LogP contribution >= 0.6 is 11.3 Å². The predicted molar refractivity (Wildman–Crippen MR) is 91.0 cm³/mol. The van der Waals surface area contributed by atoms with Gasteiger partial charge in [-0.25, -0.2) is 0 Å². The number of rotatable bonds is 7. The molecule has 0 saturated heterocycles. The van der Waals surface area contributed by atoms with Crippen molar-refractivity contribution in [3.63, 3.8) is 0 Å². The average Bonchev–Trinajstić information content (AvgIpc) is 2.96. The lowest BCUT2D eigenvalue weighted by Gasteiger charge is -2.06. The monoisotopic (exact) mass is 318 g/mol. The van der Waals surface area contributed by atoms with Crippen LogP contribution in [0.15, 0.2) is 24.3 Å². The predicted octanol–water partition coefficient (Wildman–Crippen LogP) is 3.60. The summed E-state index contributed by atoms with van der Waals surface area (Å²) in [5.41, 5.74) is 7.59. The number of nitrogen functional groups attached to an aromatic ring is 1. The van der Waals surface area contributed by atoms with Crippen LogP contribution in [-0.2, 0) is 11.2 Å². The molecule has 3 N–H and O–H groups in total. The minimum atomic E-state index is -0.0597. The molecule has 0 saturated carbocycles. The van der Waals surface area contributed by atoms with Crippen molar-refractivity contribution < 1.29 is 4.79 Å². The smallest absolute Gasteiger partial charge is 0.226 e. The van der Waals surface area contributed by atoms with Gasteiger partial charge in [0.25, 0.3) is 0 Å². The average molecular weight is 318 g/mol. The van der Waals surface area contributed by atoms with Crippen LogP contribution in [0.5, 0.6) is 0 Å². The van der Waals surface area contributed by atoms with Crippen LogP contribution in [0, 0.1) is 0 Å². The normalized spacial score (nSPS) is 10.9. The van der Waals surface area contributed by atoms with Crippen LogP contribution in [0.3, 0.4) is 0 Å². The van der Waals surface area contributed by atoms with Crippen molar-refractivity contribution in [3.8, 4) is 0 Å². The van der Waals surface area contributed by atoms with E-state index < -0.39 is 0 Å². The van der Waals surface area contributed by atoms with E-state index in [0.29, 0.717) is 23.9 Å². The molecule has 1 heterocycles. The van der Waals surface area contributed by atoms with Gasteiger partial charge in [-0.2, -0.15) is 0 Å². The summed E-state index contributed by atoms with van der Waals surface area (Å²) in [5.74, 6) is 0.364. The number of aryl methyl sites for hydroxylation is 1. The van der Waals surface area contributed by atoms with Crippen LogP contribution < -0.4 is 11.1 Å². The van der Waals surface area contributed by atoms with Crippen molar-refractivity contribution in [3.05, 3.63) is 34.8 Å². The van der Waals surface area contributed by atoms with Crippen molar-refractivity contribution >= 4 is 28.1 Å². The van der Waals surface area contributed by atoms with E-state index >= 15 is 0 Å². The van der Waals surface area contributed by atoms with E-state index in [0.717, 1.165) is 29.1 Å². The van der Waals surface area contributed by atoms with Crippen LogP contribution in [0.1, 0.15) is 49.6 Å². The number of aromatic nitrogens is 2. The van der Waals surface area contributed by atoms with Gasteiger partial charge in [-0.05, 0) is 30.9 Å². The summed E-state index contributed by atoms with van der Waals surface area (Å²) in [4.78, 5) is 12.0. The Bertz CT molecular complexity index is 622. The van der Waals surface area contributed by atoms with E-state index in [1.165, 1.54) is 11.3 Å². The van der Waals surface area contributed by atoms with Crippen LogP contribution in [0.2, 0.25) is 0 Å². The molecule has 0 fully saturated rings. The number of amides is 1. The number of nitrogens with one attached hydrogen (secondary N) is 1. The standard InChI is InChI=1S/C16H22N4OS/c1-3-11(4-2)15-19-20-16(22-15)18-14(21)10-9-12-7-5-6-8-13(12)17/h5-8,11H,3-4,9-10,17H2,1-2H3,(H,18,20,21). The Balaban J connectivity index is 1.88. The summed E-state index contributed by atoms with van der Waals surface area (Å²) in [6.07, 6.45) is 3.07. The minimum absolute atomic E-state index is 0.0597. The van der Waals surface area contributed by atoms with Gasteiger partial charge in [0, 0.05) is 18.0 Å². The Labute approximate surface area is 135 Å². The molecule has 5 nitrogen and oxygen atoms in total. The molecule has 0 aliphatic carbocycles. The summed E-state index contributed by atoms with van der Waals surface area (Å²) in [6.45, 7) is 4.27. The molecule has 0 spiro atoms. The molecule has 118 valence electrons. The van der Waals surface area contributed by atoms with Gasteiger partial charge in [-0.3, -0.25) is 4.79 Å². The van der Waals surface area contributed by atoms with Gasteiger partial charge in [0.05, 0.1) is 0 Å². The van der Waals surface area contributed by atoms with E-state index in [4.69, 9.17) is 5.73 Å². The number of carbonyl (C=O) groups excluding carboxylic acids is 1. The second kappa shape index (κ2) is 7.89. The summed E-state index contributed by atoms with van der Waals surface area (Å²) in [7, 11) is 0. The Kier molecular flexibility index (Phi) is 5.89. The fourth-order valence-electron chi connectivity index (χ4n) is 2.28. The maximum Gasteiger partial charge on any atom is 0.226 e. The molecule has 2 aromatic rings. The molecule has 22 heavy (non-hydrogen) atoms. The number of carbonyl (C=O) groups is 1. The fraction of sp³-hybridized carbons (Fsp3) is 0.438. The van der Waals surface area contributed by atoms with E-state index in [1.54, 1.807) is 0 Å². The highest BCUT2D eigenvalue weighted by Crippen LogP contribution is 2.28. The largest absolute Gasteiger partial charge is 0.399 e. The summed E-state index contributed by atoms with van der Waals surface area (Å²) in [6, 6.07) is 7.61. The lowest BCUT2D eigenvalue weighted by molar-refractivity contribution is -0.116. The van der Waals surface area contributed by atoms with E-state index in [-0.39, 0.29) is 5.91 Å². The van der Waals surface area contributed by atoms with E-state index in [9.17, 15) is 4.79 Å². The highest BCUT2D eigenvalue weighted by atomic mass is 32.1. The van der Waals surface area contributed by atoms with Gasteiger partial charge in [0.1, 0.15) is 5.01 Å². The Morgan fingerprint density at radius 1 is 1.27 bits per heavy atom. The quantitative estimate of drug-likeness (QED) is 0.764. The third-order valence-corrected chi connectivity index (χ3v) is 4.70. The van der Waals surface area contributed by atoms with Crippen LogP contribution in [-0.4, -0.2) is 16.1 Å². The summed E-state index contributed by atoms with van der Waals surface area (Å²) < 4.78 is 0. The maximum atomic E-state index is 12.0. The number of anilines is 2. The molecule has 1 aromatic carbocycles. The second-order valence-electron chi connectivity index (χ2n) is 5.21. The number of nitrogens with zero attached hydrogens (tertiary/aromatic N) is 2. The molecule has 0 aliphatic heterocycles. The molecule has 0 radical (unpaired) electrons. The highest BCUT2D eigenvalue weighted by Gasteiger charge is 2.14. The first-order chi connectivity index (χ1) is 10.6. The lowest BCUT2D eigenvalue weighted by Crippen LogP contribution is -2.12. The first-order valence-electron chi connectivity index (χ1n) is 7.60. The van der Waals surface area contributed by atoms with Gasteiger partial charge < -0.3 is 11.1 Å². The topological polar surface area (TPSA) is 80.9 Å². The van der Waals surface area contributed by atoms with Crippen molar-refractivity contribution in [1.29, 1.82) is 0 Å². The van der Waals surface area contributed by atoms with Crippen molar-refractivity contribution in [1.82, 2.24) is 10.2 Å². The van der Waals surface area contributed by atoms with Crippen molar-refractivity contribution in [2.24, 2.45) is 0 Å². The van der Waals surface area contributed by atoms with E-state index in [1.807, 2.05) is 24.3 Å². The summed E-state index contributed by atoms with van der Waals surface area (Å²) >= 11 is 1.46. The minimum Gasteiger partial charge on any atom is -0.399 e. The number of nitrogens with two attached hydrogens (primary N) is 1. The van der Waals surface area contributed by atoms with E-state index in [2.05, 4.69) is 29.4 Å². The van der Waals surface area contributed by atoms with Gasteiger partial charge in [-0.15, -0.1) is 10.2 Å². The molecule has 6 heteroatoms. The summed E-state index contributed by atoms with van der Waals surface area (Å²) in [5, 5.41) is 12.6. The first-order valence-corrected chi connectivity index (χ1v) is 8.42. The zero-order valence-electron chi connectivity index (χ0n) is 13.0. The molecule has 1 aromatic heterocycles. The lowest BCUT2D eigenvalue weighted by atomic mass is 10.1. The molecule has 0 aliphatic rings. The number of benzene rings is 1. The Morgan fingerprint density at radius 2 is 2.00 bits per heavy atom. The molecule has 2 rings (SSSR count). The van der Waals surface area contributed by atoms with Crippen LogP contribution in [0.4, 0.5) is 10.8 Å². The highest BCUT2D eigenvalue weighted by molar-refractivity contribution is 7.15. The molecule has 0 bridgehead atoms. The van der Waals surface area contributed by atoms with Crippen molar-refractivity contribution in [2.45, 2.75) is 45.4 Å². The van der Waals surface area contributed by atoms with Gasteiger partial charge in [0.2, 0.25) is 11.0 Å². The maximum absolute atomic E-state index is 12.0. The molecule has 0 unspecified atom stereocenters. The number of hydrogen-bond acceptors (Lipinski definition) is 5. The third-order valence-electron chi connectivity index (χ3n) is 3.70. The van der Waals surface area contributed by atoms with Crippen LogP contribution in [0.25, 0.3) is 0 Å². The van der Waals surface area contributed by atoms with Crippen molar-refractivity contribution in [2.75, 3.05) is 11.1 Å². The van der Waals surface area contributed by atoms with Gasteiger partial charge in [-0.1, -0.05) is 43.4 Å². The zero-order valence-corrected chi connectivity index (χ0v) is 13.8. The SMILES string of the molecule is CCC(CC)c1nnc(NC(=O)CCc2ccccc2N)s1. The molecular formula is C16H22N4OS. The Hall–Kier alpha value is -1.95.